The first kappa shape index (κ1) is 14.9. The van der Waals surface area contributed by atoms with Gasteiger partial charge in [-0.1, -0.05) is 44.2 Å². The Kier molecular flexibility index (Phi) is 4.36. The van der Waals surface area contributed by atoms with Gasteiger partial charge in [-0.25, -0.2) is 0 Å². The molecule has 1 aromatic heterocycles. The average Bonchev–Trinajstić information content (AvgIpc) is 2.91. The summed E-state index contributed by atoms with van der Waals surface area (Å²) in [5.74, 6) is 1.49. The highest BCUT2D eigenvalue weighted by molar-refractivity contribution is 5.34. The summed E-state index contributed by atoms with van der Waals surface area (Å²) in [6.45, 7) is 5.87. The summed E-state index contributed by atoms with van der Waals surface area (Å²) >= 11 is 0. The topological polar surface area (TPSA) is 49.5 Å². The van der Waals surface area contributed by atoms with Gasteiger partial charge in [0.2, 0.25) is 0 Å². The lowest BCUT2D eigenvalue weighted by Gasteiger charge is -2.30. The van der Waals surface area contributed by atoms with Crippen molar-refractivity contribution in [2.24, 2.45) is 5.92 Å². The maximum Gasteiger partial charge on any atom is 0.300 e. The average molecular weight is 300 g/mol. The molecule has 1 aliphatic rings. The molecule has 1 aromatic carbocycles. The van der Waals surface area contributed by atoms with Gasteiger partial charge in [0.1, 0.15) is 0 Å². The van der Waals surface area contributed by atoms with Crippen LogP contribution in [-0.2, 0) is 6.42 Å². The van der Waals surface area contributed by atoms with Crippen molar-refractivity contribution < 1.29 is 9.52 Å². The normalized spacial score (nSPS) is 16.4. The molecule has 1 aliphatic heterocycles. The highest BCUT2D eigenvalue weighted by Gasteiger charge is 2.25. The monoisotopic (exact) mass is 300 g/mol. The van der Waals surface area contributed by atoms with E-state index in [9.17, 15) is 5.11 Å². The Morgan fingerprint density at radius 3 is 2.50 bits per heavy atom. The summed E-state index contributed by atoms with van der Waals surface area (Å²) in [5, 5.41) is 9.85. The van der Waals surface area contributed by atoms with Crippen molar-refractivity contribution in [3.8, 4) is 5.88 Å². The number of hydrogen-bond donors (Lipinski definition) is 1. The van der Waals surface area contributed by atoms with Crippen LogP contribution >= 0.6 is 0 Å². The number of aromatic hydroxyl groups is 1. The molecule has 1 fully saturated rings. The zero-order valence-corrected chi connectivity index (χ0v) is 13.3. The lowest BCUT2D eigenvalue weighted by atomic mass is 9.90. The summed E-state index contributed by atoms with van der Waals surface area (Å²) in [7, 11) is 0. The number of nitrogens with zero attached hydrogens (tertiary/aromatic N) is 2. The number of rotatable bonds is 4. The Labute approximate surface area is 131 Å². The van der Waals surface area contributed by atoms with E-state index >= 15 is 0 Å². The summed E-state index contributed by atoms with van der Waals surface area (Å²) in [6, 6.07) is 11.2. The highest BCUT2D eigenvalue weighted by Crippen LogP contribution is 2.32. The van der Waals surface area contributed by atoms with Gasteiger partial charge < -0.3 is 14.4 Å². The van der Waals surface area contributed by atoms with Gasteiger partial charge in [0.25, 0.3) is 5.88 Å². The first-order chi connectivity index (χ1) is 10.6. The van der Waals surface area contributed by atoms with Crippen LogP contribution in [0.2, 0.25) is 0 Å². The predicted molar refractivity (Wildman–Crippen MR) is 87.3 cm³/mol. The molecule has 3 rings (SSSR count). The Balaban J connectivity index is 1.58. The molecule has 1 N–H and O–H groups in total. The Morgan fingerprint density at radius 1 is 1.23 bits per heavy atom. The van der Waals surface area contributed by atoms with Crippen LogP contribution in [0.5, 0.6) is 5.88 Å². The second-order valence-corrected chi connectivity index (χ2v) is 6.46. The fraction of sp³-hybridized carbons (Fsp3) is 0.500. The molecular weight excluding hydrogens is 276 g/mol. The molecule has 2 aromatic rings. The van der Waals surface area contributed by atoms with E-state index in [1.54, 1.807) is 0 Å². The van der Waals surface area contributed by atoms with E-state index in [-0.39, 0.29) is 11.8 Å². The van der Waals surface area contributed by atoms with Gasteiger partial charge in [0, 0.05) is 19.0 Å². The SMILES string of the molecule is CC(C)c1oc(N2CCC(Cc3ccccc3)CC2)nc1O. The van der Waals surface area contributed by atoms with Crippen LogP contribution in [-0.4, -0.2) is 23.2 Å². The molecule has 0 radical (unpaired) electrons. The van der Waals surface area contributed by atoms with Crippen LogP contribution in [0.3, 0.4) is 0 Å². The fourth-order valence-corrected chi connectivity index (χ4v) is 3.10. The number of piperidine rings is 1. The predicted octanol–water partition coefficient (Wildman–Crippen LogP) is 3.96. The van der Waals surface area contributed by atoms with Gasteiger partial charge in [-0.2, -0.15) is 4.98 Å². The Bertz CT molecular complexity index is 599. The maximum absolute atomic E-state index is 9.85. The molecule has 1 saturated heterocycles. The van der Waals surface area contributed by atoms with E-state index in [4.69, 9.17) is 4.42 Å². The minimum Gasteiger partial charge on any atom is -0.491 e. The standard InChI is InChI=1S/C18H24N2O2/c1-13(2)16-17(21)19-18(22-16)20-10-8-15(9-11-20)12-14-6-4-3-5-7-14/h3-7,13,15,21H,8-12H2,1-2H3. The molecule has 0 atom stereocenters. The van der Waals surface area contributed by atoms with Gasteiger partial charge in [-0.3, -0.25) is 0 Å². The third kappa shape index (κ3) is 3.26. The van der Waals surface area contributed by atoms with E-state index in [1.807, 2.05) is 13.8 Å². The molecule has 0 aliphatic carbocycles. The van der Waals surface area contributed by atoms with Crippen LogP contribution in [0.25, 0.3) is 0 Å². The van der Waals surface area contributed by atoms with Crippen molar-refractivity contribution in [3.05, 3.63) is 41.7 Å². The number of oxazole rings is 1. The largest absolute Gasteiger partial charge is 0.491 e. The van der Waals surface area contributed by atoms with Gasteiger partial charge in [-0.15, -0.1) is 0 Å². The summed E-state index contributed by atoms with van der Waals surface area (Å²) in [4.78, 5) is 6.33. The van der Waals surface area contributed by atoms with Crippen LogP contribution in [0.1, 0.15) is 43.9 Å². The fourth-order valence-electron chi connectivity index (χ4n) is 3.10. The van der Waals surface area contributed by atoms with E-state index in [0.717, 1.165) is 32.4 Å². The number of hydrogen-bond acceptors (Lipinski definition) is 4. The molecule has 22 heavy (non-hydrogen) atoms. The van der Waals surface area contributed by atoms with Crippen molar-refractivity contribution >= 4 is 6.01 Å². The molecule has 118 valence electrons. The van der Waals surface area contributed by atoms with Gasteiger partial charge in [-0.05, 0) is 30.7 Å². The lowest BCUT2D eigenvalue weighted by molar-refractivity contribution is 0.377. The second-order valence-electron chi connectivity index (χ2n) is 6.46. The summed E-state index contributed by atoms with van der Waals surface area (Å²) < 4.78 is 5.73. The zero-order valence-electron chi connectivity index (χ0n) is 13.3. The van der Waals surface area contributed by atoms with Crippen LogP contribution in [0, 0.1) is 5.92 Å². The van der Waals surface area contributed by atoms with Crippen molar-refractivity contribution in [3.63, 3.8) is 0 Å². The van der Waals surface area contributed by atoms with Crippen LogP contribution in [0.4, 0.5) is 6.01 Å². The van der Waals surface area contributed by atoms with E-state index < -0.39 is 0 Å². The third-order valence-corrected chi connectivity index (χ3v) is 4.40. The molecule has 4 heteroatoms. The van der Waals surface area contributed by atoms with Gasteiger partial charge in [0.15, 0.2) is 5.76 Å². The van der Waals surface area contributed by atoms with E-state index in [0.29, 0.717) is 17.7 Å². The number of anilines is 1. The summed E-state index contributed by atoms with van der Waals surface area (Å²) in [5.41, 5.74) is 1.41. The highest BCUT2D eigenvalue weighted by atomic mass is 16.4. The molecule has 2 heterocycles. The van der Waals surface area contributed by atoms with Crippen LogP contribution < -0.4 is 4.90 Å². The van der Waals surface area contributed by atoms with Crippen molar-refractivity contribution in [2.45, 2.75) is 39.0 Å². The number of benzene rings is 1. The quantitative estimate of drug-likeness (QED) is 0.928. The lowest BCUT2D eigenvalue weighted by Crippen LogP contribution is -2.34. The minimum atomic E-state index is 0.0383. The summed E-state index contributed by atoms with van der Waals surface area (Å²) in [6.07, 6.45) is 3.41. The second kappa shape index (κ2) is 6.42. The van der Waals surface area contributed by atoms with Gasteiger partial charge >= 0.3 is 6.01 Å². The zero-order chi connectivity index (χ0) is 15.5. The minimum absolute atomic E-state index is 0.0383. The maximum atomic E-state index is 9.85. The molecule has 0 saturated carbocycles. The first-order valence-corrected chi connectivity index (χ1v) is 8.12. The Morgan fingerprint density at radius 2 is 1.91 bits per heavy atom. The molecule has 0 spiro atoms. The first-order valence-electron chi connectivity index (χ1n) is 8.12. The van der Waals surface area contributed by atoms with Gasteiger partial charge in [0.05, 0.1) is 0 Å². The van der Waals surface area contributed by atoms with E-state index in [1.165, 1.54) is 5.56 Å². The smallest absolute Gasteiger partial charge is 0.300 e. The van der Waals surface area contributed by atoms with E-state index in [2.05, 4.69) is 40.2 Å². The molecule has 4 nitrogen and oxygen atoms in total. The number of aromatic nitrogens is 1. The van der Waals surface area contributed by atoms with Crippen LogP contribution in [0.15, 0.2) is 34.7 Å². The molecule has 0 unspecified atom stereocenters. The molecular formula is C18H24N2O2. The molecule has 0 amide bonds. The van der Waals surface area contributed by atoms with Crippen molar-refractivity contribution in [1.29, 1.82) is 0 Å². The Hall–Kier alpha value is -1.97. The molecule has 0 bridgehead atoms. The van der Waals surface area contributed by atoms with Crippen molar-refractivity contribution in [2.75, 3.05) is 18.0 Å². The van der Waals surface area contributed by atoms with Crippen molar-refractivity contribution in [1.82, 2.24) is 4.98 Å². The third-order valence-electron chi connectivity index (χ3n) is 4.40.